The smallest absolute Gasteiger partial charge is 0.256 e. The number of aromatic nitrogens is 3. The third kappa shape index (κ3) is 5.14. The van der Waals surface area contributed by atoms with Crippen LogP contribution < -0.4 is 14.8 Å². The van der Waals surface area contributed by atoms with Crippen LogP contribution in [0.25, 0.3) is 0 Å². The van der Waals surface area contributed by atoms with Gasteiger partial charge in [-0.05, 0) is 38.3 Å². The molecule has 3 heterocycles. The molecule has 0 radical (unpaired) electrons. The second-order valence-electron chi connectivity index (χ2n) is 6.58. The van der Waals surface area contributed by atoms with E-state index in [1.165, 1.54) is 14.2 Å². The maximum Gasteiger partial charge on any atom is 0.256 e. The molecule has 8 nitrogen and oxygen atoms in total. The quantitative estimate of drug-likeness (QED) is 0.771. The normalized spacial score (nSPS) is 17.5. The number of hydrogen-bond donors (Lipinski definition) is 1. The van der Waals surface area contributed by atoms with Crippen molar-refractivity contribution < 1.29 is 14.3 Å². The minimum atomic E-state index is -0.182. The first-order valence-corrected chi connectivity index (χ1v) is 9.79. The van der Waals surface area contributed by atoms with Crippen LogP contribution in [0.15, 0.2) is 12.1 Å². The number of carbonyl (C=O) groups excluding carboxylic acids is 1. The Bertz CT molecular complexity index is 782. The number of nitrogens with zero attached hydrogens (tertiary/aromatic N) is 4. The van der Waals surface area contributed by atoms with E-state index in [1.807, 2.05) is 6.92 Å². The molecule has 1 aliphatic rings. The van der Waals surface area contributed by atoms with Crippen molar-refractivity contribution in [2.75, 3.05) is 33.9 Å². The van der Waals surface area contributed by atoms with Crippen molar-refractivity contribution in [2.24, 2.45) is 5.92 Å². The zero-order valence-electron chi connectivity index (χ0n) is 15.9. The largest absolute Gasteiger partial charge is 0.481 e. The van der Waals surface area contributed by atoms with Crippen LogP contribution in [0.4, 0.5) is 0 Å². The van der Waals surface area contributed by atoms with Gasteiger partial charge in [0.1, 0.15) is 15.6 Å². The van der Waals surface area contributed by atoms with Crippen LogP contribution in [0, 0.1) is 12.8 Å². The second-order valence-corrected chi connectivity index (χ2v) is 7.84. The van der Waals surface area contributed by atoms with E-state index in [9.17, 15) is 4.79 Å². The first-order chi connectivity index (χ1) is 13.1. The third-order valence-electron chi connectivity index (χ3n) is 4.56. The standard InChI is InChI=1S/C18H25N5O3S/c1-12-21-22-16(27-12)11-23-8-4-5-13(10-23)9-19-17(24)14-6-7-15(25-2)20-18(14)26-3/h6-7,13H,4-5,8-11H2,1-3H3,(H,19,24). The molecule has 0 aromatic carbocycles. The third-order valence-corrected chi connectivity index (χ3v) is 5.39. The molecule has 0 aliphatic carbocycles. The molecule has 0 spiro atoms. The Morgan fingerprint density at radius 3 is 2.89 bits per heavy atom. The van der Waals surface area contributed by atoms with Crippen LogP contribution in [0.2, 0.25) is 0 Å². The molecule has 2 aromatic rings. The fraction of sp³-hybridized carbons (Fsp3) is 0.556. The van der Waals surface area contributed by atoms with E-state index < -0.39 is 0 Å². The van der Waals surface area contributed by atoms with Gasteiger partial charge in [0.15, 0.2) is 0 Å². The molecule has 1 aliphatic heterocycles. The van der Waals surface area contributed by atoms with E-state index in [0.29, 0.717) is 23.9 Å². The fourth-order valence-corrected chi connectivity index (χ4v) is 4.00. The molecule has 0 bridgehead atoms. The zero-order chi connectivity index (χ0) is 19.2. The molecule has 1 atom stereocenters. The molecule has 1 unspecified atom stereocenters. The van der Waals surface area contributed by atoms with Crippen LogP contribution in [-0.2, 0) is 6.54 Å². The van der Waals surface area contributed by atoms with E-state index in [0.717, 1.165) is 42.5 Å². The molecular weight excluding hydrogens is 366 g/mol. The Morgan fingerprint density at radius 1 is 1.33 bits per heavy atom. The lowest BCUT2D eigenvalue weighted by Gasteiger charge is -2.32. The van der Waals surface area contributed by atoms with Crippen molar-refractivity contribution in [3.8, 4) is 11.8 Å². The van der Waals surface area contributed by atoms with Crippen molar-refractivity contribution in [1.82, 2.24) is 25.4 Å². The number of pyridine rings is 1. The average Bonchev–Trinajstić information content (AvgIpc) is 3.10. The van der Waals surface area contributed by atoms with E-state index in [2.05, 4.69) is 25.4 Å². The molecule has 9 heteroatoms. The lowest BCUT2D eigenvalue weighted by Crippen LogP contribution is -2.40. The van der Waals surface area contributed by atoms with Crippen molar-refractivity contribution in [2.45, 2.75) is 26.3 Å². The number of piperidine rings is 1. The van der Waals surface area contributed by atoms with Gasteiger partial charge in [0.25, 0.3) is 5.91 Å². The van der Waals surface area contributed by atoms with Crippen molar-refractivity contribution in [3.05, 3.63) is 27.7 Å². The minimum absolute atomic E-state index is 0.182. The van der Waals surface area contributed by atoms with Gasteiger partial charge in [0.05, 0.1) is 20.8 Å². The predicted octanol–water partition coefficient (Wildman–Crippen LogP) is 1.90. The highest BCUT2D eigenvalue weighted by molar-refractivity contribution is 7.11. The Kier molecular flexibility index (Phi) is 6.57. The van der Waals surface area contributed by atoms with Crippen LogP contribution in [0.1, 0.15) is 33.2 Å². The molecule has 27 heavy (non-hydrogen) atoms. The zero-order valence-corrected chi connectivity index (χ0v) is 16.7. The number of likely N-dealkylation sites (tertiary alicyclic amines) is 1. The van der Waals surface area contributed by atoms with E-state index in [4.69, 9.17) is 9.47 Å². The van der Waals surface area contributed by atoms with E-state index in [1.54, 1.807) is 23.5 Å². The van der Waals surface area contributed by atoms with Gasteiger partial charge in [-0.15, -0.1) is 21.5 Å². The molecule has 3 rings (SSSR count). The maximum absolute atomic E-state index is 12.5. The summed E-state index contributed by atoms with van der Waals surface area (Å²) in [5.41, 5.74) is 0.412. The van der Waals surface area contributed by atoms with Gasteiger partial charge in [0.2, 0.25) is 11.8 Å². The number of rotatable bonds is 7. The number of aryl methyl sites for hydroxylation is 1. The molecule has 146 valence electrons. The number of ether oxygens (including phenoxy) is 2. The van der Waals surface area contributed by atoms with Crippen LogP contribution >= 0.6 is 11.3 Å². The summed E-state index contributed by atoms with van der Waals surface area (Å²) >= 11 is 1.64. The Labute approximate surface area is 162 Å². The van der Waals surface area contributed by atoms with E-state index >= 15 is 0 Å². The molecule has 1 saturated heterocycles. The van der Waals surface area contributed by atoms with Gasteiger partial charge < -0.3 is 14.8 Å². The number of amides is 1. The number of methoxy groups -OCH3 is 2. The summed E-state index contributed by atoms with van der Waals surface area (Å²) in [5.74, 6) is 0.912. The Hall–Kier alpha value is -2.26. The summed E-state index contributed by atoms with van der Waals surface area (Å²) in [5, 5.41) is 13.3. The summed E-state index contributed by atoms with van der Waals surface area (Å²) in [6, 6.07) is 3.33. The topological polar surface area (TPSA) is 89.5 Å². The lowest BCUT2D eigenvalue weighted by molar-refractivity contribution is 0.0926. The SMILES string of the molecule is COc1ccc(C(=O)NCC2CCCN(Cc3nnc(C)s3)C2)c(OC)n1. The molecule has 1 N–H and O–H groups in total. The average molecular weight is 391 g/mol. The highest BCUT2D eigenvalue weighted by atomic mass is 32.1. The summed E-state index contributed by atoms with van der Waals surface area (Å²) in [7, 11) is 3.02. The first-order valence-electron chi connectivity index (χ1n) is 8.97. The molecule has 1 amide bonds. The van der Waals surface area contributed by atoms with Crippen LogP contribution in [0.5, 0.6) is 11.8 Å². The molecule has 2 aromatic heterocycles. The highest BCUT2D eigenvalue weighted by Gasteiger charge is 2.22. The number of hydrogen-bond acceptors (Lipinski definition) is 8. The van der Waals surface area contributed by atoms with Crippen LogP contribution in [-0.4, -0.2) is 59.8 Å². The van der Waals surface area contributed by atoms with Crippen molar-refractivity contribution in [1.29, 1.82) is 0 Å². The van der Waals surface area contributed by atoms with E-state index in [-0.39, 0.29) is 11.8 Å². The van der Waals surface area contributed by atoms with Crippen molar-refractivity contribution in [3.63, 3.8) is 0 Å². The molecule has 0 saturated carbocycles. The maximum atomic E-state index is 12.5. The summed E-state index contributed by atoms with van der Waals surface area (Å²) in [4.78, 5) is 19.1. The van der Waals surface area contributed by atoms with Gasteiger partial charge in [0, 0.05) is 19.2 Å². The van der Waals surface area contributed by atoms with Gasteiger partial charge in [-0.25, -0.2) is 0 Å². The van der Waals surface area contributed by atoms with Gasteiger partial charge in [-0.1, -0.05) is 0 Å². The Morgan fingerprint density at radius 2 is 2.19 bits per heavy atom. The molecular formula is C18H25N5O3S. The van der Waals surface area contributed by atoms with Gasteiger partial charge in [-0.3, -0.25) is 9.69 Å². The van der Waals surface area contributed by atoms with Gasteiger partial charge >= 0.3 is 0 Å². The summed E-state index contributed by atoms with van der Waals surface area (Å²) in [6.45, 7) is 5.42. The second kappa shape index (κ2) is 9.09. The summed E-state index contributed by atoms with van der Waals surface area (Å²) in [6.07, 6.45) is 2.22. The number of nitrogens with one attached hydrogen (secondary N) is 1. The molecule has 1 fully saturated rings. The van der Waals surface area contributed by atoms with Gasteiger partial charge in [-0.2, -0.15) is 4.98 Å². The van der Waals surface area contributed by atoms with Crippen molar-refractivity contribution >= 4 is 17.2 Å². The Balaban J connectivity index is 1.54. The fourth-order valence-electron chi connectivity index (χ4n) is 3.25. The monoisotopic (exact) mass is 391 g/mol. The first kappa shape index (κ1) is 19.5. The number of carbonyl (C=O) groups is 1. The van der Waals surface area contributed by atoms with Crippen LogP contribution in [0.3, 0.4) is 0 Å². The minimum Gasteiger partial charge on any atom is -0.481 e. The summed E-state index contributed by atoms with van der Waals surface area (Å²) < 4.78 is 10.3. The lowest BCUT2D eigenvalue weighted by atomic mass is 9.98. The predicted molar refractivity (Wildman–Crippen MR) is 102 cm³/mol. The highest BCUT2D eigenvalue weighted by Crippen LogP contribution is 2.21.